The van der Waals surface area contributed by atoms with Gasteiger partial charge >= 0.3 is 0 Å². The van der Waals surface area contributed by atoms with Crippen molar-refractivity contribution in [1.29, 1.82) is 5.26 Å². The van der Waals surface area contributed by atoms with Crippen molar-refractivity contribution in [2.75, 3.05) is 0 Å². The molecule has 3 rings (SSSR count). The Hall–Kier alpha value is -2.79. The van der Waals surface area contributed by atoms with Crippen molar-refractivity contribution < 1.29 is 0 Å². The molecule has 0 unspecified atom stereocenters. The van der Waals surface area contributed by atoms with Crippen LogP contribution in [0.4, 0.5) is 0 Å². The Bertz CT molecular complexity index is 975. The van der Waals surface area contributed by atoms with Crippen LogP contribution in [-0.4, -0.2) is 24.5 Å². The molecule has 0 saturated carbocycles. The lowest BCUT2D eigenvalue weighted by molar-refractivity contribution is 0.615. The van der Waals surface area contributed by atoms with E-state index in [0.29, 0.717) is 11.3 Å². The van der Waals surface area contributed by atoms with Crippen LogP contribution in [0.25, 0.3) is 10.6 Å². The zero-order valence-corrected chi connectivity index (χ0v) is 13.8. The number of nitrogens with zero attached hydrogens (tertiary/aromatic N) is 6. The Morgan fingerprint density at radius 2 is 2.17 bits per heavy atom. The topological polar surface area (TPSA) is 89.4 Å². The van der Waals surface area contributed by atoms with Crippen LogP contribution in [0.5, 0.6) is 0 Å². The zero-order valence-electron chi connectivity index (χ0n) is 12.9. The van der Waals surface area contributed by atoms with Crippen LogP contribution >= 0.6 is 11.3 Å². The standard InChI is InChI=1S/C15H14N6OS/c1-9-10(2)19-21(15(22)13(9)4-16)7-12-8-23-14(18-12)11-5-17-20(3)6-11/h5-6,8H,7H2,1-3H3. The Morgan fingerprint density at radius 1 is 1.39 bits per heavy atom. The van der Waals surface area contributed by atoms with Gasteiger partial charge in [-0.15, -0.1) is 11.3 Å². The summed E-state index contributed by atoms with van der Waals surface area (Å²) in [5, 5.41) is 20.3. The first kappa shape index (κ1) is 15.1. The SMILES string of the molecule is Cc1nn(Cc2csc(-c3cnn(C)c3)n2)c(=O)c(C#N)c1C. The average Bonchev–Trinajstić information content (AvgIpc) is 3.14. The molecule has 116 valence electrons. The van der Waals surface area contributed by atoms with E-state index in [9.17, 15) is 4.79 Å². The lowest BCUT2D eigenvalue weighted by Crippen LogP contribution is -2.28. The van der Waals surface area contributed by atoms with Gasteiger partial charge in [0.1, 0.15) is 16.6 Å². The van der Waals surface area contributed by atoms with Gasteiger partial charge in [-0.05, 0) is 19.4 Å². The summed E-state index contributed by atoms with van der Waals surface area (Å²) in [5.41, 5.74) is 2.72. The van der Waals surface area contributed by atoms with E-state index in [4.69, 9.17) is 5.26 Å². The largest absolute Gasteiger partial charge is 0.285 e. The van der Waals surface area contributed by atoms with E-state index in [1.807, 2.05) is 24.7 Å². The fourth-order valence-electron chi connectivity index (χ4n) is 2.21. The maximum absolute atomic E-state index is 12.3. The average molecular weight is 326 g/mol. The first-order chi connectivity index (χ1) is 11.0. The highest BCUT2D eigenvalue weighted by molar-refractivity contribution is 7.13. The molecular formula is C15H14N6OS. The molecule has 3 aromatic rings. The maximum atomic E-state index is 12.3. The maximum Gasteiger partial charge on any atom is 0.285 e. The van der Waals surface area contributed by atoms with Gasteiger partial charge in [0.05, 0.1) is 24.1 Å². The summed E-state index contributed by atoms with van der Waals surface area (Å²) in [7, 11) is 1.85. The lowest BCUT2D eigenvalue weighted by Gasteiger charge is -2.07. The van der Waals surface area contributed by atoms with Gasteiger partial charge in [0.2, 0.25) is 0 Å². The van der Waals surface area contributed by atoms with E-state index in [-0.39, 0.29) is 17.7 Å². The highest BCUT2D eigenvalue weighted by atomic mass is 32.1. The summed E-state index contributed by atoms with van der Waals surface area (Å²) in [6, 6.07) is 1.96. The van der Waals surface area contributed by atoms with Crippen LogP contribution in [0.3, 0.4) is 0 Å². The molecular weight excluding hydrogens is 312 g/mol. The molecule has 0 atom stereocenters. The number of hydrogen-bond acceptors (Lipinski definition) is 6. The van der Waals surface area contributed by atoms with Crippen molar-refractivity contribution in [1.82, 2.24) is 24.5 Å². The zero-order chi connectivity index (χ0) is 16.6. The van der Waals surface area contributed by atoms with Crippen molar-refractivity contribution in [3.05, 3.63) is 50.6 Å². The Kier molecular flexibility index (Phi) is 3.80. The molecule has 0 radical (unpaired) electrons. The molecule has 3 heterocycles. The number of aryl methyl sites for hydroxylation is 2. The number of nitriles is 1. The Balaban J connectivity index is 1.95. The number of thiazole rings is 1. The summed E-state index contributed by atoms with van der Waals surface area (Å²) in [4.78, 5) is 16.8. The molecule has 23 heavy (non-hydrogen) atoms. The Labute approximate surface area is 136 Å². The fourth-order valence-corrected chi connectivity index (χ4v) is 2.99. The van der Waals surface area contributed by atoms with Gasteiger partial charge in [-0.3, -0.25) is 9.48 Å². The van der Waals surface area contributed by atoms with Crippen molar-refractivity contribution in [2.24, 2.45) is 7.05 Å². The van der Waals surface area contributed by atoms with E-state index >= 15 is 0 Å². The van der Waals surface area contributed by atoms with Gasteiger partial charge < -0.3 is 0 Å². The fraction of sp³-hybridized carbons (Fsp3) is 0.267. The summed E-state index contributed by atoms with van der Waals surface area (Å²) in [6.45, 7) is 3.76. The van der Waals surface area contributed by atoms with Crippen molar-refractivity contribution in [3.63, 3.8) is 0 Å². The second-order valence-corrected chi connectivity index (χ2v) is 6.06. The lowest BCUT2D eigenvalue weighted by atomic mass is 10.1. The molecule has 0 aliphatic heterocycles. The van der Waals surface area contributed by atoms with Crippen molar-refractivity contribution in [3.8, 4) is 16.6 Å². The first-order valence-electron chi connectivity index (χ1n) is 6.91. The Morgan fingerprint density at radius 3 is 2.83 bits per heavy atom. The first-order valence-corrected chi connectivity index (χ1v) is 7.79. The summed E-state index contributed by atoms with van der Waals surface area (Å²) >= 11 is 1.49. The highest BCUT2D eigenvalue weighted by Gasteiger charge is 2.13. The van der Waals surface area contributed by atoms with E-state index < -0.39 is 0 Å². The molecule has 0 N–H and O–H groups in total. The number of aromatic nitrogens is 5. The van der Waals surface area contributed by atoms with Crippen LogP contribution in [0.1, 0.15) is 22.5 Å². The van der Waals surface area contributed by atoms with E-state index in [1.54, 1.807) is 24.7 Å². The van der Waals surface area contributed by atoms with Crippen LogP contribution in [0.15, 0.2) is 22.6 Å². The predicted octanol–water partition coefficient (Wildman–Crippen LogP) is 1.64. The highest BCUT2D eigenvalue weighted by Crippen LogP contribution is 2.23. The molecule has 7 nitrogen and oxygen atoms in total. The molecule has 0 aromatic carbocycles. The molecule has 0 fully saturated rings. The second-order valence-electron chi connectivity index (χ2n) is 5.21. The predicted molar refractivity (Wildman–Crippen MR) is 86.1 cm³/mol. The molecule has 0 saturated heterocycles. The third-order valence-corrected chi connectivity index (χ3v) is 4.50. The van der Waals surface area contributed by atoms with E-state index in [1.165, 1.54) is 16.0 Å². The van der Waals surface area contributed by atoms with Gasteiger partial charge in [0.15, 0.2) is 0 Å². The van der Waals surface area contributed by atoms with Crippen LogP contribution < -0.4 is 5.56 Å². The van der Waals surface area contributed by atoms with Gasteiger partial charge in [-0.1, -0.05) is 0 Å². The van der Waals surface area contributed by atoms with Crippen molar-refractivity contribution in [2.45, 2.75) is 20.4 Å². The normalized spacial score (nSPS) is 10.7. The molecule has 0 bridgehead atoms. The van der Waals surface area contributed by atoms with Gasteiger partial charge in [-0.2, -0.15) is 15.5 Å². The minimum absolute atomic E-state index is 0.139. The van der Waals surface area contributed by atoms with Crippen LogP contribution in [0, 0.1) is 25.2 Å². The third kappa shape index (κ3) is 2.78. The number of rotatable bonds is 3. The molecule has 3 aromatic heterocycles. The molecule has 0 spiro atoms. The number of hydrogen-bond donors (Lipinski definition) is 0. The molecule has 0 aliphatic rings. The monoisotopic (exact) mass is 326 g/mol. The summed E-state index contributed by atoms with van der Waals surface area (Å²) < 4.78 is 3.01. The van der Waals surface area contributed by atoms with Crippen LogP contribution in [-0.2, 0) is 13.6 Å². The quantitative estimate of drug-likeness (QED) is 0.730. The van der Waals surface area contributed by atoms with E-state index in [2.05, 4.69) is 15.2 Å². The molecule has 0 aliphatic carbocycles. The van der Waals surface area contributed by atoms with Gasteiger partial charge in [0.25, 0.3) is 5.56 Å². The second kappa shape index (κ2) is 5.78. The minimum Gasteiger partial charge on any atom is -0.275 e. The van der Waals surface area contributed by atoms with Gasteiger partial charge in [-0.25, -0.2) is 9.67 Å². The molecule has 8 heteroatoms. The van der Waals surface area contributed by atoms with Crippen LogP contribution in [0.2, 0.25) is 0 Å². The van der Waals surface area contributed by atoms with Gasteiger partial charge in [0, 0.05) is 24.2 Å². The smallest absolute Gasteiger partial charge is 0.275 e. The minimum atomic E-state index is -0.383. The summed E-state index contributed by atoms with van der Waals surface area (Å²) in [5.74, 6) is 0. The third-order valence-electron chi connectivity index (χ3n) is 3.56. The molecule has 0 amide bonds. The van der Waals surface area contributed by atoms with E-state index in [0.717, 1.165) is 16.3 Å². The van der Waals surface area contributed by atoms with Crippen molar-refractivity contribution >= 4 is 11.3 Å². The summed E-state index contributed by atoms with van der Waals surface area (Å²) in [6.07, 6.45) is 3.63.